The van der Waals surface area contributed by atoms with Crippen LogP contribution in [0.2, 0.25) is 0 Å². The van der Waals surface area contributed by atoms with Crippen molar-refractivity contribution in [1.82, 2.24) is 5.32 Å². The average Bonchev–Trinajstić information content (AvgIpc) is 2.52. The van der Waals surface area contributed by atoms with Crippen LogP contribution in [0.3, 0.4) is 0 Å². The molecule has 0 bridgehead atoms. The third kappa shape index (κ3) is 3.32. The summed E-state index contributed by atoms with van der Waals surface area (Å²) in [7, 11) is 0. The first-order chi connectivity index (χ1) is 10.2. The Labute approximate surface area is 123 Å². The van der Waals surface area contributed by atoms with Crippen LogP contribution in [0.1, 0.15) is 0 Å². The second kappa shape index (κ2) is 6.11. The van der Waals surface area contributed by atoms with E-state index in [1.165, 1.54) is 12.1 Å². The van der Waals surface area contributed by atoms with Gasteiger partial charge in [-0.25, -0.2) is 4.39 Å². The van der Waals surface area contributed by atoms with E-state index in [1.54, 1.807) is 12.1 Å². The Morgan fingerprint density at radius 3 is 2.52 bits per heavy atom. The minimum Gasteiger partial charge on any atom is -0.469 e. The number of nitrogens with zero attached hydrogens (tertiary/aromatic N) is 1. The van der Waals surface area contributed by atoms with Crippen molar-refractivity contribution >= 4 is 5.69 Å². The first kappa shape index (κ1) is 13.9. The van der Waals surface area contributed by atoms with Crippen LogP contribution in [0.25, 0.3) is 0 Å². The maximum absolute atomic E-state index is 13.0. The minimum atomic E-state index is -0.272. The number of nitrogens with one attached hydrogen (secondary N) is 1. The summed E-state index contributed by atoms with van der Waals surface area (Å²) < 4.78 is 18.9. The van der Waals surface area contributed by atoms with E-state index in [4.69, 9.17) is 10.5 Å². The maximum atomic E-state index is 13.0. The fourth-order valence-corrected chi connectivity index (χ4v) is 2.42. The van der Waals surface area contributed by atoms with E-state index in [-0.39, 0.29) is 18.2 Å². The Morgan fingerprint density at radius 1 is 1.10 bits per heavy atom. The molecule has 0 aliphatic carbocycles. The number of rotatable bonds is 3. The van der Waals surface area contributed by atoms with Gasteiger partial charge >= 0.3 is 0 Å². The van der Waals surface area contributed by atoms with Gasteiger partial charge < -0.3 is 15.4 Å². The van der Waals surface area contributed by atoms with Crippen molar-refractivity contribution in [2.45, 2.75) is 12.4 Å². The van der Waals surface area contributed by atoms with Crippen LogP contribution in [0.5, 0.6) is 5.75 Å². The van der Waals surface area contributed by atoms with Gasteiger partial charge in [-0.3, -0.25) is 5.32 Å². The summed E-state index contributed by atoms with van der Waals surface area (Å²) in [4.78, 5) is 2.12. The number of piperazine rings is 1. The third-order valence-electron chi connectivity index (χ3n) is 3.47. The van der Waals surface area contributed by atoms with Gasteiger partial charge in [0.25, 0.3) is 0 Å². The standard InChI is InChI=1S/C16H18FN3O/c17-12-6-8-14(9-7-12)21-16-10-19-15(18)11-20(16)13-4-2-1-3-5-13/h1-9,15-16,19H,10-11,18H2. The molecular weight excluding hydrogens is 269 g/mol. The van der Waals surface area contributed by atoms with Crippen LogP contribution in [-0.4, -0.2) is 25.5 Å². The number of hydrogen-bond donors (Lipinski definition) is 2. The van der Waals surface area contributed by atoms with E-state index in [2.05, 4.69) is 10.2 Å². The van der Waals surface area contributed by atoms with Crippen molar-refractivity contribution in [3.05, 3.63) is 60.4 Å². The summed E-state index contributed by atoms with van der Waals surface area (Å²) in [5, 5.41) is 3.20. The van der Waals surface area contributed by atoms with Gasteiger partial charge in [0.05, 0.1) is 12.7 Å². The summed E-state index contributed by atoms with van der Waals surface area (Å²) in [6, 6.07) is 16.0. The van der Waals surface area contributed by atoms with Crippen LogP contribution in [-0.2, 0) is 0 Å². The zero-order chi connectivity index (χ0) is 14.7. The Hall–Kier alpha value is -2.11. The highest BCUT2D eigenvalue weighted by Gasteiger charge is 2.27. The molecule has 2 aromatic carbocycles. The SMILES string of the molecule is NC1CN(c2ccccc2)C(Oc2ccc(F)cc2)CN1. The van der Waals surface area contributed by atoms with Gasteiger partial charge in [0, 0.05) is 12.2 Å². The lowest BCUT2D eigenvalue weighted by Crippen LogP contribution is -2.61. The molecule has 0 aromatic heterocycles. The zero-order valence-corrected chi connectivity index (χ0v) is 11.6. The lowest BCUT2D eigenvalue weighted by atomic mass is 10.2. The molecule has 1 aliphatic heterocycles. The van der Waals surface area contributed by atoms with E-state index in [1.807, 2.05) is 30.3 Å². The molecule has 21 heavy (non-hydrogen) atoms. The van der Waals surface area contributed by atoms with E-state index in [0.29, 0.717) is 18.8 Å². The molecule has 2 atom stereocenters. The molecule has 0 amide bonds. The number of ether oxygens (including phenoxy) is 1. The second-order valence-electron chi connectivity index (χ2n) is 5.03. The van der Waals surface area contributed by atoms with Crippen molar-refractivity contribution < 1.29 is 9.13 Å². The topological polar surface area (TPSA) is 50.5 Å². The van der Waals surface area contributed by atoms with E-state index in [9.17, 15) is 4.39 Å². The molecule has 0 saturated carbocycles. The van der Waals surface area contributed by atoms with Crippen LogP contribution in [0, 0.1) is 5.82 Å². The van der Waals surface area contributed by atoms with Gasteiger partial charge in [-0.2, -0.15) is 0 Å². The van der Waals surface area contributed by atoms with Gasteiger partial charge in [-0.15, -0.1) is 0 Å². The van der Waals surface area contributed by atoms with E-state index >= 15 is 0 Å². The summed E-state index contributed by atoms with van der Waals surface area (Å²) in [5.74, 6) is 0.366. The molecule has 0 radical (unpaired) electrons. The molecule has 1 heterocycles. The molecule has 1 aliphatic rings. The molecule has 1 saturated heterocycles. The van der Waals surface area contributed by atoms with Crippen LogP contribution in [0.4, 0.5) is 10.1 Å². The lowest BCUT2D eigenvalue weighted by molar-refractivity contribution is 0.162. The third-order valence-corrected chi connectivity index (χ3v) is 3.47. The molecule has 0 spiro atoms. The smallest absolute Gasteiger partial charge is 0.185 e. The number of hydrogen-bond acceptors (Lipinski definition) is 4. The van der Waals surface area contributed by atoms with E-state index in [0.717, 1.165) is 5.69 Å². The molecule has 1 fully saturated rings. The van der Waals surface area contributed by atoms with Crippen molar-refractivity contribution in [1.29, 1.82) is 0 Å². The molecule has 110 valence electrons. The average molecular weight is 287 g/mol. The fraction of sp³-hybridized carbons (Fsp3) is 0.250. The number of para-hydroxylation sites is 1. The zero-order valence-electron chi connectivity index (χ0n) is 11.6. The number of anilines is 1. The quantitative estimate of drug-likeness (QED) is 0.905. The van der Waals surface area contributed by atoms with Crippen LogP contribution >= 0.6 is 0 Å². The van der Waals surface area contributed by atoms with Crippen molar-refractivity contribution in [2.24, 2.45) is 5.73 Å². The first-order valence-electron chi connectivity index (χ1n) is 6.95. The summed E-state index contributed by atoms with van der Waals surface area (Å²) in [5.41, 5.74) is 7.04. The molecule has 3 N–H and O–H groups in total. The number of benzene rings is 2. The number of halogens is 1. The van der Waals surface area contributed by atoms with E-state index < -0.39 is 0 Å². The van der Waals surface area contributed by atoms with Gasteiger partial charge in [0.1, 0.15) is 11.6 Å². The molecule has 5 heteroatoms. The Morgan fingerprint density at radius 2 is 1.81 bits per heavy atom. The molecule has 2 aromatic rings. The first-order valence-corrected chi connectivity index (χ1v) is 6.95. The summed E-state index contributed by atoms with van der Waals surface area (Å²) in [6.45, 7) is 1.25. The number of nitrogens with two attached hydrogens (primary N) is 1. The minimum absolute atomic E-state index is 0.0988. The monoisotopic (exact) mass is 287 g/mol. The van der Waals surface area contributed by atoms with Crippen LogP contribution in [0.15, 0.2) is 54.6 Å². The normalized spacial score (nSPS) is 22.1. The van der Waals surface area contributed by atoms with Gasteiger partial charge in [-0.1, -0.05) is 18.2 Å². The second-order valence-corrected chi connectivity index (χ2v) is 5.03. The molecule has 4 nitrogen and oxygen atoms in total. The Balaban J connectivity index is 1.79. The van der Waals surface area contributed by atoms with Crippen LogP contribution < -0.4 is 20.7 Å². The van der Waals surface area contributed by atoms with Gasteiger partial charge in [0.2, 0.25) is 0 Å². The van der Waals surface area contributed by atoms with Crippen molar-refractivity contribution in [3.63, 3.8) is 0 Å². The van der Waals surface area contributed by atoms with Crippen molar-refractivity contribution in [3.8, 4) is 5.75 Å². The highest BCUT2D eigenvalue weighted by Crippen LogP contribution is 2.22. The van der Waals surface area contributed by atoms with Crippen molar-refractivity contribution in [2.75, 3.05) is 18.0 Å². The summed E-state index contributed by atoms with van der Waals surface area (Å²) >= 11 is 0. The fourth-order valence-electron chi connectivity index (χ4n) is 2.42. The molecule has 2 unspecified atom stereocenters. The maximum Gasteiger partial charge on any atom is 0.185 e. The van der Waals surface area contributed by atoms with Gasteiger partial charge in [-0.05, 0) is 36.4 Å². The predicted molar refractivity (Wildman–Crippen MR) is 80.6 cm³/mol. The predicted octanol–water partition coefficient (Wildman–Crippen LogP) is 1.93. The summed E-state index contributed by atoms with van der Waals surface area (Å²) in [6.07, 6.45) is -0.282. The largest absolute Gasteiger partial charge is 0.469 e. The molecule has 3 rings (SSSR count). The molecular formula is C16H18FN3O. The highest BCUT2D eigenvalue weighted by molar-refractivity contribution is 5.47. The Kier molecular flexibility index (Phi) is 4.03. The lowest BCUT2D eigenvalue weighted by Gasteiger charge is -2.40. The van der Waals surface area contributed by atoms with Gasteiger partial charge in [0.15, 0.2) is 6.23 Å². The highest BCUT2D eigenvalue weighted by atomic mass is 19.1. The Bertz CT molecular complexity index is 576.